The number of H-pyrrole nitrogens is 1. The zero-order chi connectivity index (χ0) is 17.6. The Kier molecular flexibility index (Phi) is 3.78. The Morgan fingerprint density at radius 2 is 2.16 bits per heavy atom. The molecule has 1 amide bonds. The predicted octanol–water partition coefficient (Wildman–Crippen LogP) is 2.56. The van der Waals surface area contributed by atoms with Gasteiger partial charge in [-0.3, -0.25) is 9.89 Å². The Labute approximate surface area is 146 Å². The minimum absolute atomic E-state index is 0.0578. The monoisotopic (exact) mass is 338 g/mol. The fraction of sp³-hybridized carbons (Fsp3) is 0.444. The van der Waals surface area contributed by atoms with Gasteiger partial charge in [-0.25, -0.2) is 9.97 Å². The number of nitrogens with zero attached hydrogens (tertiary/aromatic N) is 5. The van der Waals surface area contributed by atoms with Crippen molar-refractivity contribution in [1.82, 2.24) is 29.6 Å². The van der Waals surface area contributed by atoms with Gasteiger partial charge in [0.1, 0.15) is 5.82 Å². The molecule has 130 valence electrons. The molecule has 25 heavy (non-hydrogen) atoms. The molecule has 1 fully saturated rings. The molecule has 0 aliphatic carbocycles. The van der Waals surface area contributed by atoms with Crippen molar-refractivity contribution in [3.8, 4) is 0 Å². The van der Waals surface area contributed by atoms with E-state index >= 15 is 0 Å². The normalized spacial score (nSPS) is 18.0. The van der Waals surface area contributed by atoms with Gasteiger partial charge in [-0.15, -0.1) is 0 Å². The van der Waals surface area contributed by atoms with Crippen LogP contribution in [0.15, 0.2) is 18.5 Å². The summed E-state index contributed by atoms with van der Waals surface area (Å²) < 4.78 is 2.18. The van der Waals surface area contributed by atoms with E-state index in [-0.39, 0.29) is 11.9 Å². The van der Waals surface area contributed by atoms with Crippen molar-refractivity contribution in [1.29, 1.82) is 0 Å². The maximum absolute atomic E-state index is 13.2. The van der Waals surface area contributed by atoms with E-state index in [0.29, 0.717) is 17.8 Å². The first-order valence-electron chi connectivity index (χ1n) is 8.65. The van der Waals surface area contributed by atoms with E-state index in [1.165, 1.54) is 0 Å². The topological polar surface area (TPSA) is 79.7 Å². The molecule has 0 aromatic carbocycles. The number of hydrogen-bond donors (Lipinski definition) is 1. The highest BCUT2D eigenvalue weighted by Crippen LogP contribution is 2.26. The number of carbonyl (C=O) groups excluding carboxylic acids is 1. The van der Waals surface area contributed by atoms with Gasteiger partial charge in [0.2, 0.25) is 0 Å². The third kappa shape index (κ3) is 2.69. The molecule has 3 aromatic heterocycles. The Morgan fingerprint density at radius 1 is 1.32 bits per heavy atom. The molecule has 1 saturated heterocycles. The minimum Gasteiger partial charge on any atom is -0.337 e. The second-order valence-corrected chi connectivity index (χ2v) is 6.79. The van der Waals surface area contributed by atoms with Crippen LogP contribution in [0.3, 0.4) is 0 Å². The quantitative estimate of drug-likeness (QED) is 0.779. The molecular weight excluding hydrogens is 316 g/mol. The number of hydrogen-bond acceptors (Lipinski definition) is 4. The first-order valence-corrected chi connectivity index (χ1v) is 8.65. The van der Waals surface area contributed by atoms with Crippen LogP contribution >= 0.6 is 0 Å². The van der Waals surface area contributed by atoms with E-state index in [4.69, 9.17) is 0 Å². The average Bonchev–Trinajstić information content (AvgIpc) is 3.19. The number of nitrogens with one attached hydrogen (secondary N) is 1. The highest BCUT2D eigenvalue weighted by molar-refractivity contribution is 6.06. The van der Waals surface area contributed by atoms with Gasteiger partial charge < -0.3 is 9.47 Å². The standard InChI is InChI=1S/C18H22N6O/c1-11-9-15(16-12(2)21-22-17(16)20-11)18(25)23-7-4-5-14(10-23)24-8-6-19-13(24)3/h6,8-9,14H,4-5,7,10H2,1-3H3,(H,20,21,22)/t14-/m1/s1. The number of imidazole rings is 1. The molecule has 1 aliphatic heterocycles. The summed E-state index contributed by atoms with van der Waals surface area (Å²) >= 11 is 0. The molecule has 7 heteroatoms. The summed E-state index contributed by atoms with van der Waals surface area (Å²) in [6.45, 7) is 7.31. The van der Waals surface area contributed by atoms with Crippen LogP contribution in [0.5, 0.6) is 0 Å². The summed E-state index contributed by atoms with van der Waals surface area (Å²) in [5.41, 5.74) is 2.99. The fourth-order valence-corrected chi connectivity index (χ4v) is 3.78. The Hall–Kier alpha value is -2.70. The van der Waals surface area contributed by atoms with Crippen molar-refractivity contribution < 1.29 is 4.79 Å². The first kappa shape index (κ1) is 15.8. The largest absolute Gasteiger partial charge is 0.337 e. The minimum atomic E-state index is 0.0578. The van der Waals surface area contributed by atoms with Crippen LogP contribution in [0.1, 0.15) is 46.5 Å². The predicted molar refractivity (Wildman–Crippen MR) is 94.5 cm³/mol. The lowest BCUT2D eigenvalue weighted by molar-refractivity contribution is 0.0680. The Bertz CT molecular complexity index is 940. The molecule has 0 spiro atoms. The molecule has 4 heterocycles. The molecule has 0 saturated carbocycles. The third-order valence-electron chi connectivity index (χ3n) is 5.00. The SMILES string of the molecule is Cc1cc(C(=O)N2CCC[C@@H](n3ccnc3C)C2)c2c(C)[nH]nc2n1. The number of aromatic nitrogens is 5. The zero-order valence-corrected chi connectivity index (χ0v) is 14.8. The molecule has 1 N–H and O–H groups in total. The number of carbonyl (C=O) groups is 1. The molecule has 0 unspecified atom stereocenters. The van der Waals surface area contributed by atoms with Crippen LogP contribution < -0.4 is 0 Å². The van der Waals surface area contributed by atoms with Gasteiger partial charge in [-0.2, -0.15) is 5.10 Å². The number of aryl methyl sites for hydroxylation is 3. The third-order valence-corrected chi connectivity index (χ3v) is 5.00. The van der Waals surface area contributed by atoms with Crippen LogP contribution in [-0.4, -0.2) is 48.6 Å². The molecule has 0 radical (unpaired) electrons. The Morgan fingerprint density at radius 3 is 2.92 bits per heavy atom. The first-order chi connectivity index (χ1) is 12.0. The van der Waals surface area contributed by atoms with Crippen LogP contribution in [-0.2, 0) is 0 Å². The summed E-state index contributed by atoms with van der Waals surface area (Å²) in [7, 11) is 0. The van der Waals surface area contributed by atoms with Gasteiger partial charge >= 0.3 is 0 Å². The number of fused-ring (bicyclic) bond motifs is 1. The molecule has 7 nitrogen and oxygen atoms in total. The smallest absolute Gasteiger partial charge is 0.254 e. The van der Waals surface area contributed by atoms with Gasteiger partial charge in [0.25, 0.3) is 5.91 Å². The van der Waals surface area contributed by atoms with Crippen LogP contribution in [0.25, 0.3) is 11.0 Å². The van der Waals surface area contributed by atoms with Gasteiger partial charge in [0.15, 0.2) is 5.65 Å². The number of rotatable bonds is 2. The molecule has 4 rings (SSSR count). The van der Waals surface area contributed by atoms with E-state index in [1.54, 1.807) is 0 Å². The average molecular weight is 338 g/mol. The summed E-state index contributed by atoms with van der Waals surface area (Å²) in [6, 6.07) is 2.16. The number of piperidine rings is 1. The number of aromatic amines is 1. The maximum atomic E-state index is 13.2. The van der Waals surface area contributed by atoms with Crippen molar-refractivity contribution in [2.75, 3.05) is 13.1 Å². The van der Waals surface area contributed by atoms with E-state index < -0.39 is 0 Å². The van der Waals surface area contributed by atoms with Gasteiger partial charge in [-0.05, 0) is 39.7 Å². The summed E-state index contributed by atoms with van der Waals surface area (Å²) in [4.78, 5) is 23.9. The molecule has 0 bridgehead atoms. The number of pyridine rings is 1. The summed E-state index contributed by atoms with van der Waals surface area (Å²) in [5.74, 6) is 1.05. The molecule has 1 aliphatic rings. The number of amides is 1. The van der Waals surface area contributed by atoms with Gasteiger partial charge in [0, 0.05) is 36.9 Å². The van der Waals surface area contributed by atoms with E-state index in [2.05, 4.69) is 24.7 Å². The highest BCUT2D eigenvalue weighted by atomic mass is 16.2. The zero-order valence-electron chi connectivity index (χ0n) is 14.8. The molecule has 3 aromatic rings. The van der Waals surface area contributed by atoms with Crippen LogP contribution in [0.4, 0.5) is 0 Å². The number of likely N-dealkylation sites (tertiary alicyclic amines) is 1. The summed E-state index contributed by atoms with van der Waals surface area (Å²) in [6.07, 6.45) is 5.88. The van der Waals surface area contributed by atoms with Crippen molar-refractivity contribution in [3.63, 3.8) is 0 Å². The lowest BCUT2D eigenvalue weighted by atomic mass is 10.0. The van der Waals surface area contributed by atoms with E-state index in [9.17, 15) is 4.79 Å². The molecular formula is C18H22N6O. The van der Waals surface area contributed by atoms with E-state index in [1.807, 2.05) is 44.1 Å². The lowest BCUT2D eigenvalue weighted by Crippen LogP contribution is -2.41. The Balaban J connectivity index is 1.67. The van der Waals surface area contributed by atoms with Crippen molar-refractivity contribution in [2.45, 2.75) is 39.7 Å². The second-order valence-electron chi connectivity index (χ2n) is 6.79. The van der Waals surface area contributed by atoms with Crippen LogP contribution in [0, 0.1) is 20.8 Å². The summed E-state index contributed by atoms with van der Waals surface area (Å²) in [5, 5.41) is 7.99. The van der Waals surface area contributed by atoms with Gasteiger partial charge in [-0.1, -0.05) is 0 Å². The lowest BCUT2D eigenvalue weighted by Gasteiger charge is -2.34. The maximum Gasteiger partial charge on any atom is 0.254 e. The highest BCUT2D eigenvalue weighted by Gasteiger charge is 2.28. The van der Waals surface area contributed by atoms with Gasteiger partial charge in [0.05, 0.1) is 17.0 Å². The second kappa shape index (κ2) is 5.98. The van der Waals surface area contributed by atoms with Crippen LogP contribution in [0.2, 0.25) is 0 Å². The van der Waals surface area contributed by atoms with Crippen molar-refractivity contribution in [3.05, 3.63) is 41.2 Å². The van der Waals surface area contributed by atoms with Crippen molar-refractivity contribution >= 4 is 16.9 Å². The van der Waals surface area contributed by atoms with E-state index in [0.717, 1.165) is 42.0 Å². The fourth-order valence-electron chi connectivity index (χ4n) is 3.78. The molecule has 1 atom stereocenters. The van der Waals surface area contributed by atoms with Crippen molar-refractivity contribution in [2.24, 2.45) is 0 Å².